The second kappa shape index (κ2) is 6.22. The molecule has 0 spiro atoms. The SMILES string of the molecule is COc1ccc(C(=O)Oc2ccc(C)cc2C)cc1C=N. The van der Waals surface area contributed by atoms with E-state index >= 15 is 0 Å². The molecule has 0 aliphatic carbocycles. The molecule has 4 nitrogen and oxygen atoms in total. The normalized spacial score (nSPS) is 10.0. The van der Waals surface area contributed by atoms with E-state index in [-0.39, 0.29) is 0 Å². The van der Waals surface area contributed by atoms with E-state index in [0.29, 0.717) is 22.6 Å². The molecule has 1 N–H and O–H groups in total. The summed E-state index contributed by atoms with van der Waals surface area (Å²) >= 11 is 0. The highest BCUT2D eigenvalue weighted by Crippen LogP contribution is 2.22. The molecule has 0 fully saturated rings. The zero-order chi connectivity index (χ0) is 15.4. The molecule has 0 heterocycles. The first-order chi connectivity index (χ1) is 10.0. The molecule has 0 radical (unpaired) electrons. The van der Waals surface area contributed by atoms with Crippen LogP contribution in [-0.4, -0.2) is 19.3 Å². The summed E-state index contributed by atoms with van der Waals surface area (Å²) in [5, 5.41) is 7.35. The highest BCUT2D eigenvalue weighted by atomic mass is 16.5. The number of rotatable bonds is 4. The van der Waals surface area contributed by atoms with Crippen LogP contribution in [0, 0.1) is 19.3 Å². The topological polar surface area (TPSA) is 59.4 Å². The fourth-order valence-electron chi connectivity index (χ4n) is 2.05. The van der Waals surface area contributed by atoms with Crippen molar-refractivity contribution in [3.05, 3.63) is 58.7 Å². The Morgan fingerprint density at radius 2 is 1.81 bits per heavy atom. The van der Waals surface area contributed by atoms with Gasteiger partial charge in [-0.3, -0.25) is 0 Å². The van der Waals surface area contributed by atoms with Gasteiger partial charge in [0.2, 0.25) is 0 Å². The van der Waals surface area contributed by atoms with E-state index in [1.165, 1.54) is 7.11 Å². The molecule has 0 aromatic heterocycles. The monoisotopic (exact) mass is 283 g/mol. The van der Waals surface area contributed by atoms with Gasteiger partial charge in [0.1, 0.15) is 11.5 Å². The van der Waals surface area contributed by atoms with Crippen LogP contribution in [0.4, 0.5) is 0 Å². The quantitative estimate of drug-likeness (QED) is 0.530. The fraction of sp³-hybridized carbons (Fsp3) is 0.176. The van der Waals surface area contributed by atoms with Crippen LogP contribution >= 0.6 is 0 Å². The molecule has 2 aromatic rings. The second-order valence-electron chi connectivity index (χ2n) is 4.76. The zero-order valence-corrected chi connectivity index (χ0v) is 12.3. The molecular weight excluding hydrogens is 266 g/mol. The van der Waals surface area contributed by atoms with E-state index in [0.717, 1.165) is 17.3 Å². The van der Waals surface area contributed by atoms with Crippen molar-refractivity contribution in [2.24, 2.45) is 0 Å². The van der Waals surface area contributed by atoms with Crippen LogP contribution in [-0.2, 0) is 0 Å². The Morgan fingerprint density at radius 1 is 1.10 bits per heavy atom. The molecule has 2 rings (SSSR count). The lowest BCUT2D eigenvalue weighted by molar-refractivity contribution is 0.0733. The minimum Gasteiger partial charge on any atom is -0.496 e. The lowest BCUT2D eigenvalue weighted by Gasteiger charge is -2.10. The summed E-state index contributed by atoms with van der Waals surface area (Å²) in [7, 11) is 1.52. The molecule has 2 aromatic carbocycles. The van der Waals surface area contributed by atoms with E-state index in [1.807, 2.05) is 26.0 Å². The predicted molar refractivity (Wildman–Crippen MR) is 81.8 cm³/mol. The average Bonchev–Trinajstić information content (AvgIpc) is 2.49. The van der Waals surface area contributed by atoms with Gasteiger partial charge in [0.15, 0.2) is 0 Å². The maximum Gasteiger partial charge on any atom is 0.343 e. The minimum atomic E-state index is -0.451. The summed E-state index contributed by atoms with van der Waals surface area (Å²) in [6, 6.07) is 10.5. The van der Waals surface area contributed by atoms with Crippen LogP contribution in [0.1, 0.15) is 27.0 Å². The smallest absolute Gasteiger partial charge is 0.343 e. The van der Waals surface area contributed by atoms with Crippen LogP contribution in [0.3, 0.4) is 0 Å². The summed E-state index contributed by atoms with van der Waals surface area (Å²) in [5.41, 5.74) is 2.94. The van der Waals surface area contributed by atoms with E-state index in [4.69, 9.17) is 14.9 Å². The van der Waals surface area contributed by atoms with Crippen LogP contribution in [0.15, 0.2) is 36.4 Å². The molecule has 0 unspecified atom stereocenters. The molecule has 0 saturated carbocycles. The van der Waals surface area contributed by atoms with Crippen molar-refractivity contribution in [2.45, 2.75) is 13.8 Å². The van der Waals surface area contributed by atoms with Gasteiger partial charge in [-0.25, -0.2) is 4.79 Å². The molecule has 21 heavy (non-hydrogen) atoms. The first kappa shape index (κ1) is 14.8. The maximum atomic E-state index is 12.2. The molecule has 0 bridgehead atoms. The first-order valence-electron chi connectivity index (χ1n) is 6.53. The predicted octanol–water partition coefficient (Wildman–Crippen LogP) is 3.53. The van der Waals surface area contributed by atoms with Crippen molar-refractivity contribution < 1.29 is 14.3 Å². The summed E-state index contributed by atoms with van der Waals surface area (Å²) in [6.07, 6.45) is 1.15. The highest BCUT2D eigenvalue weighted by Gasteiger charge is 2.12. The van der Waals surface area contributed by atoms with Gasteiger partial charge in [-0.1, -0.05) is 17.7 Å². The van der Waals surface area contributed by atoms with E-state index in [1.54, 1.807) is 24.3 Å². The number of carbonyl (C=O) groups excluding carboxylic acids is 1. The summed E-state index contributed by atoms with van der Waals surface area (Å²) in [6.45, 7) is 3.88. The standard InChI is InChI=1S/C17H17NO3/c1-11-4-6-15(12(2)8-11)21-17(19)13-5-7-16(20-3)14(9-13)10-18/h4-10,18H,1-3H3. The Balaban J connectivity index is 2.26. The largest absolute Gasteiger partial charge is 0.496 e. The van der Waals surface area contributed by atoms with Crippen molar-refractivity contribution >= 4 is 12.2 Å². The van der Waals surface area contributed by atoms with Crippen molar-refractivity contribution in [2.75, 3.05) is 7.11 Å². The van der Waals surface area contributed by atoms with E-state index < -0.39 is 5.97 Å². The van der Waals surface area contributed by atoms with Crippen LogP contribution < -0.4 is 9.47 Å². The number of nitrogens with one attached hydrogen (secondary N) is 1. The number of ether oxygens (including phenoxy) is 2. The van der Waals surface area contributed by atoms with Gasteiger partial charge in [0.25, 0.3) is 0 Å². The van der Waals surface area contributed by atoms with Gasteiger partial charge in [0, 0.05) is 11.8 Å². The van der Waals surface area contributed by atoms with Gasteiger partial charge in [-0.15, -0.1) is 0 Å². The van der Waals surface area contributed by atoms with Crippen molar-refractivity contribution in [1.29, 1.82) is 5.41 Å². The van der Waals surface area contributed by atoms with Gasteiger partial charge in [-0.2, -0.15) is 0 Å². The van der Waals surface area contributed by atoms with E-state index in [2.05, 4.69) is 0 Å². The molecule has 4 heteroatoms. The third-order valence-electron chi connectivity index (χ3n) is 3.15. The van der Waals surface area contributed by atoms with Crippen molar-refractivity contribution in [3.8, 4) is 11.5 Å². The Labute approximate surface area is 123 Å². The van der Waals surface area contributed by atoms with Gasteiger partial charge < -0.3 is 14.9 Å². The third kappa shape index (κ3) is 3.28. The number of methoxy groups -OCH3 is 1. The van der Waals surface area contributed by atoms with Gasteiger partial charge in [0.05, 0.1) is 12.7 Å². The third-order valence-corrected chi connectivity index (χ3v) is 3.15. The van der Waals surface area contributed by atoms with Crippen LogP contribution in [0.25, 0.3) is 0 Å². The molecular formula is C17H17NO3. The number of carbonyl (C=O) groups is 1. The van der Waals surface area contributed by atoms with Gasteiger partial charge in [-0.05, 0) is 43.7 Å². The molecule has 0 amide bonds. The molecule has 0 atom stereocenters. The lowest BCUT2D eigenvalue weighted by atomic mass is 10.1. The Kier molecular flexibility index (Phi) is 4.38. The number of hydrogen-bond acceptors (Lipinski definition) is 4. The summed E-state index contributed by atoms with van der Waals surface area (Å²) in [4.78, 5) is 12.2. The zero-order valence-electron chi connectivity index (χ0n) is 12.3. The summed E-state index contributed by atoms with van der Waals surface area (Å²) in [5.74, 6) is 0.638. The van der Waals surface area contributed by atoms with Crippen LogP contribution in [0.5, 0.6) is 11.5 Å². The lowest BCUT2D eigenvalue weighted by Crippen LogP contribution is -2.10. The van der Waals surface area contributed by atoms with Crippen LogP contribution in [0.2, 0.25) is 0 Å². The molecule has 0 saturated heterocycles. The number of hydrogen-bond donors (Lipinski definition) is 1. The van der Waals surface area contributed by atoms with Gasteiger partial charge >= 0.3 is 5.97 Å². The number of benzene rings is 2. The average molecular weight is 283 g/mol. The maximum absolute atomic E-state index is 12.2. The molecule has 0 aliphatic heterocycles. The number of esters is 1. The van der Waals surface area contributed by atoms with Crippen molar-refractivity contribution in [3.63, 3.8) is 0 Å². The molecule has 108 valence electrons. The van der Waals surface area contributed by atoms with E-state index in [9.17, 15) is 4.79 Å². The second-order valence-corrected chi connectivity index (χ2v) is 4.76. The molecule has 0 aliphatic rings. The Hall–Kier alpha value is -2.62. The number of aryl methyl sites for hydroxylation is 2. The van der Waals surface area contributed by atoms with Crippen molar-refractivity contribution in [1.82, 2.24) is 0 Å². The Bertz CT molecular complexity index is 692. The first-order valence-corrected chi connectivity index (χ1v) is 6.53. The highest BCUT2D eigenvalue weighted by molar-refractivity contribution is 5.94. The minimum absolute atomic E-state index is 0.384. The summed E-state index contributed by atoms with van der Waals surface area (Å²) < 4.78 is 10.5. The Morgan fingerprint density at radius 3 is 2.43 bits per heavy atom. The fourth-order valence-corrected chi connectivity index (χ4v) is 2.05.